The molecule has 6 nitrogen and oxygen atoms in total. The van der Waals surface area contributed by atoms with E-state index in [1.165, 1.54) is 6.07 Å². The number of piperidine rings is 1. The van der Waals surface area contributed by atoms with Gasteiger partial charge in [0.1, 0.15) is 11.9 Å². The summed E-state index contributed by atoms with van der Waals surface area (Å²) in [6.45, 7) is 0.738. The summed E-state index contributed by atoms with van der Waals surface area (Å²) in [4.78, 5) is 12.0. The number of rotatable bonds is 3. The third-order valence-electron chi connectivity index (χ3n) is 3.50. The SMILES string of the molecule is N#Cc1ccc(NCC2CCN(C(=O)C(F)(F)F)CC2)nn1. The predicted molar refractivity (Wildman–Crippen MR) is 70.6 cm³/mol. The van der Waals surface area contributed by atoms with E-state index in [1.54, 1.807) is 6.07 Å². The Morgan fingerprint density at radius 3 is 2.55 bits per heavy atom. The van der Waals surface area contributed by atoms with Crippen LogP contribution in [-0.4, -0.2) is 46.8 Å². The van der Waals surface area contributed by atoms with Gasteiger partial charge in [-0.25, -0.2) is 0 Å². The molecule has 0 unspecified atom stereocenters. The largest absolute Gasteiger partial charge is 0.471 e. The molecule has 0 bridgehead atoms. The zero-order valence-corrected chi connectivity index (χ0v) is 11.6. The number of nitriles is 1. The molecule has 0 saturated carbocycles. The molecule has 1 saturated heterocycles. The monoisotopic (exact) mass is 313 g/mol. The van der Waals surface area contributed by atoms with Crippen molar-refractivity contribution in [2.75, 3.05) is 25.0 Å². The smallest absolute Gasteiger partial charge is 0.368 e. The molecule has 22 heavy (non-hydrogen) atoms. The molecule has 0 aliphatic carbocycles. The average molecular weight is 313 g/mol. The van der Waals surface area contributed by atoms with Crippen molar-refractivity contribution in [3.05, 3.63) is 17.8 Å². The number of likely N-dealkylation sites (tertiary alicyclic amines) is 1. The molecule has 0 spiro atoms. The minimum atomic E-state index is -4.80. The number of hydrogen-bond acceptors (Lipinski definition) is 5. The van der Waals surface area contributed by atoms with Crippen LogP contribution in [0, 0.1) is 17.2 Å². The number of nitrogens with one attached hydrogen (secondary N) is 1. The van der Waals surface area contributed by atoms with Crippen molar-refractivity contribution in [2.45, 2.75) is 19.0 Å². The summed E-state index contributed by atoms with van der Waals surface area (Å²) < 4.78 is 37.0. The second kappa shape index (κ2) is 6.60. The van der Waals surface area contributed by atoms with E-state index in [9.17, 15) is 18.0 Å². The Morgan fingerprint density at radius 2 is 2.05 bits per heavy atom. The molecule has 1 N–H and O–H groups in total. The predicted octanol–water partition coefficient (Wildman–Crippen LogP) is 1.56. The van der Waals surface area contributed by atoms with E-state index in [0.717, 1.165) is 4.90 Å². The second-order valence-corrected chi connectivity index (χ2v) is 5.03. The fourth-order valence-electron chi connectivity index (χ4n) is 2.25. The fraction of sp³-hybridized carbons (Fsp3) is 0.538. The number of alkyl halides is 3. The molecule has 2 rings (SSSR count). The Hall–Kier alpha value is -2.37. The molecule has 1 aliphatic rings. The van der Waals surface area contributed by atoms with Crippen LogP contribution in [0.1, 0.15) is 18.5 Å². The van der Waals surface area contributed by atoms with E-state index in [0.29, 0.717) is 25.2 Å². The average Bonchev–Trinajstić information content (AvgIpc) is 2.52. The lowest BCUT2D eigenvalue weighted by Crippen LogP contribution is -2.46. The van der Waals surface area contributed by atoms with Crippen molar-refractivity contribution < 1.29 is 18.0 Å². The highest BCUT2D eigenvalue weighted by Gasteiger charge is 2.43. The maximum absolute atomic E-state index is 12.3. The topological polar surface area (TPSA) is 81.9 Å². The molecule has 0 atom stereocenters. The molecule has 0 aromatic carbocycles. The molecule has 1 fully saturated rings. The Bertz CT molecular complexity index is 559. The minimum absolute atomic E-state index is 0.101. The summed E-state index contributed by atoms with van der Waals surface area (Å²) in [7, 11) is 0. The number of carbonyl (C=O) groups excluding carboxylic acids is 1. The van der Waals surface area contributed by atoms with Crippen LogP contribution in [0.2, 0.25) is 0 Å². The van der Waals surface area contributed by atoms with Crippen molar-refractivity contribution in [1.82, 2.24) is 15.1 Å². The lowest BCUT2D eigenvalue weighted by molar-refractivity contribution is -0.186. The quantitative estimate of drug-likeness (QED) is 0.916. The number of anilines is 1. The highest BCUT2D eigenvalue weighted by Crippen LogP contribution is 2.24. The Morgan fingerprint density at radius 1 is 1.36 bits per heavy atom. The van der Waals surface area contributed by atoms with Gasteiger partial charge in [0.15, 0.2) is 5.69 Å². The number of nitrogens with zero attached hydrogens (tertiary/aromatic N) is 4. The summed E-state index contributed by atoms with van der Waals surface area (Å²) in [5.41, 5.74) is 0.213. The first-order valence-electron chi connectivity index (χ1n) is 6.74. The van der Waals surface area contributed by atoms with E-state index in [2.05, 4.69) is 15.5 Å². The zero-order chi connectivity index (χ0) is 16.2. The molecule has 1 amide bonds. The molecule has 1 aliphatic heterocycles. The van der Waals surface area contributed by atoms with Crippen LogP contribution in [0.15, 0.2) is 12.1 Å². The zero-order valence-electron chi connectivity index (χ0n) is 11.6. The summed E-state index contributed by atoms with van der Waals surface area (Å²) in [5, 5.41) is 19.1. The highest BCUT2D eigenvalue weighted by atomic mass is 19.4. The normalized spacial score (nSPS) is 16.2. The summed E-state index contributed by atoms with van der Waals surface area (Å²) >= 11 is 0. The van der Waals surface area contributed by atoms with Crippen molar-refractivity contribution in [3.63, 3.8) is 0 Å². The van der Waals surface area contributed by atoms with Crippen LogP contribution in [-0.2, 0) is 4.79 Å². The van der Waals surface area contributed by atoms with E-state index in [-0.39, 0.29) is 24.7 Å². The van der Waals surface area contributed by atoms with E-state index in [4.69, 9.17) is 5.26 Å². The molecule has 1 aromatic heterocycles. The Balaban J connectivity index is 1.78. The minimum Gasteiger partial charge on any atom is -0.368 e. The Labute approximate surface area is 124 Å². The number of carbonyl (C=O) groups is 1. The Kier molecular flexibility index (Phi) is 4.80. The van der Waals surface area contributed by atoms with E-state index >= 15 is 0 Å². The maximum Gasteiger partial charge on any atom is 0.471 e. The lowest BCUT2D eigenvalue weighted by Gasteiger charge is -2.32. The van der Waals surface area contributed by atoms with Gasteiger partial charge in [-0.3, -0.25) is 4.79 Å². The maximum atomic E-state index is 12.3. The van der Waals surface area contributed by atoms with Gasteiger partial charge in [0.2, 0.25) is 0 Å². The van der Waals surface area contributed by atoms with Crippen LogP contribution < -0.4 is 5.32 Å². The van der Waals surface area contributed by atoms with Gasteiger partial charge in [-0.2, -0.15) is 18.4 Å². The summed E-state index contributed by atoms with van der Waals surface area (Å²) in [6.07, 6.45) is -3.81. The summed E-state index contributed by atoms with van der Waals surface area (Å²) in [6, 6.07) is 5.00. The summed E-state index contributed by atoms with van der Waals surface area (Å²) in [5.74, 6) is -1.10. The van der Waals surface area contributed by atoms with Crippen LogP contribution in [0.3, 0.4) is 0 Å². The fourth-order valence-corrected chi connectivity index (χ4v) is 2.25. The van der Waals surface area contributed by atoms with Crippen molar-refractivity contribution >= 4 is 11.7 Å². The first kappa shape index (κ1) is 16.0. The third kappa shape index (κ3) is 4.07. The first-order chi connectivity index (χ1) is 10.4. The van der Waals surface area contributed by atoms with Gasteiger partial charge in [-0.1, -0.05) is 0 Å². The van der Waals surface area contributed by atoms with E-state index in [1.807, 2.05) is 6.07 Å². The number of amides is 1. The van der Waals surface area contributed by atoms with Gasteiger partial charge in [0.25, 0.3) is 0 Å². The van der Waals surface area contributed by atoms with Crippen molar-refractivity contribution in [2.24, 2.45) is 5.92 Å². The first-order valence-corrected chi connectivity index (χ1v) is 6.74. The molecular weight excluding hydrogens is 299 g/mol. The van der Waals surface area contributed by atoms with Crippen molar-refractivity contribution in [3.8, 4) is 6.07 Å². The van der Waals surface area contributed by atoms with Crippen LogP contribution in [0.4, 0.5) is 19.0 Å². The molecule has 0 radical (unpaired) electrons. The van der Waals surface area contributed by atoms with Gasteiger partial charge in [-0.05, 0) is 30.9 Å². The number of hydrogen-bond donors (Lipinski definition) is 1. The molecule has 118 valence electrons. The lowest BCUT2D eigenvalue weighted by atomic mass is 9.96. The van der Waals surface area contributed by atoms with Gasteiger partial charge in [0.05, 0.1) is 0 Å². The van der Waals surface area contributed by atoms with Crippen LogP contribution in [0.5, 0.6) is 0 Å². The van der Waals surface area contributed by atoms with Gasteiger partial charge in [-0.15, -0.1) is 10.2 Å². The standard InChI is InChI=1S/C13H14F3N5O/c14-13(15,16)12(22)21-5-3-9(4-6-21)8-18-11-2-1-10(7-17)19-20-11/h1-2,9H,3-6,8H2,(H,18,20). The van der Waals surface area contributed by atoms with Crippen molar-refractivity contribution in [1.29, 1.82) is 5.26 Å². The number of aromatic nitrogens is 2. The second-order valence-electron chi connectivity index (χ2n) is 5.03. The van der Waals surface area contributed by atoms with Gasteiger partial charge >= 0.3 is 12.1 Å². The highest BCUT2D eigenvalue weighted by molar-refractivity contribution is 5.81. The van der Waals surface area contributed by atoms with Gasteiger partial charge < -0.3 is 10.2 Å². The number of halogens is 3. The van der Waals surface area contributed by atoms with Crippen LogP contribution >= 0.6 is 0 Å². The van der Waals surface area contributed by atoms with Gasteiger partial charge in [0, 0.05) is 19.6 Å². The molecule has 1 aromatic rings. The third-order valence-corrected chi connectivity index (χ3v) is 3.50. The molecule has 9 heteroatoms. The molecule has 2 heterocycles. The van der Waals surface area contributed by atoms with Crippen LogP contribution in [0.25, 0.3) is 0 Å². The molecular formula is C13H14F3N5O. The van der Waals surface area contributed by atoms with E-state index < -0.39 is 12.1 Å².